The number of likely N-dealkylation sites (tertiary alicyclic amines) is 2. The van der Waals surface area contributed by atoms with E-state index >= 15 is 0 Å². The predicted octanol–water partition coefficient (Wildman–Crippen LogP) is 2.20. The van der Waals surface area contributed by atoms with Crippen molar-refractivity contribution in [3.05, 3.63) is 35.9 Å². The van der Waals surface area contributed by atoms with E-state index in [0.29, 0.717) is 19.5 Å². The van der Waals surface area contributed by atoms with Crippen LogP contribution in [-0.4, -0.2) is 67.0 Å². The Balaban J connectivity index is 1.46. The second-order valence-electron chi connectivity index (χ2n) is 8.26. The van der Waals surface area contributed by atoms with Gasteiger partial charge in [0.1, 0.15) is 6.04 Å². The number of rotatable bonds is 6. The fourth-order valence-electron chi connectivity index (χ4n) is 4.41. The third kappa shape index (κ3) is 5.28. The highest BCUT2D eigenvalue weighted by atomic mass is 16.5. The predicted molar refractivity (Wildman–Crippen MR) is 109 cm³/mol. The van der Waals surface area contributed by atoms with Gasteiger partial charge in [0.2, 0.25) is 11.8 Å². The molecule has 7 heteroatoms. The van der Waals surface area contributed by atoms with Crippen molar-refractivity contribution in [3.63, 3.8) is 0 Å². The highest BCUT2D eigenvalue weighted by molar-refractivity contribution is 5.85. The molecule has 158 valence electrons. The van der Waals surface area contributed by atoms with Crippen LogP contribution in [0.5, 0.6) is 0 Å². The number of hydrogen-bond donors (Lipinski definition) is 1. The fourth-order valence-corrected chi connectivity index (χ4v) is 4.41. The summed E-state index contributed by atoms with van der Waals surface area (Å²) >= 11 is 0. The second kappa shape index (κ2) is 9.29. The number of carbonyl (C=O) groups is 3. The van der Waals surface area contributed by atoms with Crippen molar-refractivity contribution in [2.75, 3.05) is 33.3 Å². The Labute approximate surface area is 172 Å². The summed E-state index contributed by atoms with van der Waals surface area (Å²) in [6, 6.07) is 9.73. The first-order valence-corrected chi connectivity index (χ1v) is 10.4. The van der Waals surface area contributed by atoms with Gasteiger partial charge in [0.25, 0.3) is 0 Å². The fraction of sp³-hybridized carbons (Fsp3) is 0.591. The molecule has 2 aliphatic rings. The number of carbonyl (C=O) groups excluding carboxylic acids is 3. The summed E-state index contributed by atoms with van der Waals surface area (Å²) in [5.74, 6) is 0.132. The van der Waals surface area contributed by atoms with E-state index < -0.39 is 12.1 Å². The summed E-state index contributed by atoms with van der Waals surface area (Å²) in [7, 11) is 1.28. The van der Waals surface area contributed by atoms with Gasteiger partial charge in [0.15, 0.2) is 0 Å². The van der Waals surface area contributed by atoms with Gasteiger partial charge in [-0.25, -0.2) is 4.79 Å². The van der Waals surface area contributed by atoms with Crippen molar-refractivity contribution in [1.29, 1.82) is 0 Å². The minimum atomic E-state index is -0.615. The summed E-state index contributed by atoms with van der Waals surface area (Å²) in [4.78, 5) is 40.2. The third-order valence-electron chi connectivity index (χ3n) is 6.17. The van der Waals surface area contributed by atoms with Gasteiger partial charge in [-0.15, -0.1) is 0 Å². The van der Waals surface area contributed by atoms with Crippen LogP contribution in [0.25, 0.3) is 0 Å². The van der Waals surface area contributed by atoms with Crippen LogP contribution in [0.2, 0.25) is 0 Å². The van der Waals surface area contributed by atoms with Gasteiger partial charge in [-0.1, -0.05) is 30.3 Å². The van der Waals surface area contributed by atoms with Crippen molar-refractivity contribution in [1.82, 2.24) is 15.1 Å². The minimum absolute atomic E-state index is 0.0143. The topological polar surface area (TPSA) is 79.0 Å². The smallest absolute Gasteiger partial charge is 0.407 e. The molecule has 2 aliphatic heterocycles. The molecule has 0 aromatic heterocycles. The Kier molecular flexibility index (Phi) is 6.77. The summed E-state index contributed by atoms with van der Waals surface area (Å²) in [5, 5.41) is 2.52. The van der Waals surface area contributed by atoms with E-state index in [2.05, 4.69) is 22.2 Å². The molecule has 29 heavy (non-hydrogen) atoms. The molecule has 0 unspecified atom stereocenters. The lowest BCUT2D eigenvalue weighted by Crippen LogP contribution is -2.51. The van der Waals surface area contributed by atoms with Crippen molar-refractivity contribution in [3.8, 4) is 0 Å². The average Bonchev–Trinajstić information content (AvgIpc) is 3.03. The molecule has 1 N–H and O–H groups in total. The molecule has 2 heterocycles. The SMILES string of the molecule is COC(=O)N[C@@H](C)C(=O)N1CCC2(CC1)CC(=O)N(CCCc1ccccc1)C2. The molecule has 2 fully saturated rings. The normalized spacial score (nSPS) is 19.3. The molecule has 1 aromatic rings. The molecule has 0 radical (unpaired) electrons. The van der Waals surface area contributed by atoms with Gasteiger partial charge < -0.3 is 19.9 Å². The zero-order valence-corrected chi connectivity index (χ0v) is 17.4. The third-order valence-corrected chi connectivity index (χ3v) is 6.17. The van der Waals surface area contributed by atoms with Gasteiger partial charge in [-0.3, -0.25) is 9.59 Å². The van der Waals surface area contributed by atoms with Crippen molar-refractivity contribution in [2.24, 2.45) is 5.41 Å². The van der Waals surface area contributed by atoms with Gasteiger partial charge in [-0.2, -0.15) is 0 Å². The Morgan fingerprint density at radius 3 is 2.55 bits per heavy atom. The Morgan fingerprint density at radius 2 is 1.90 bits per heavy atom. The molecule has 0 bridgehead atoms. The van der Waals surface area contributed by atoms with Crippen LogP contribution in [0.3, 0.4) is 0 Å². The van der Waals surface area contributed by atoms with Crippen LogP contribution < -0.4 is 5.32 Å². The molecular weight excluding hydrogens is 370 g/mol. The van der Waals surface area contributed by atoms with Crippen LogP contribution in [0, 0.1) is 5.41 Å². The number of nitrogens with one attached hydrogen (secondary N) is 1. The van der Waals surface area contributed by atoms with E-state index in [1.54, 1.807) is 11.8 Å². The molecule has 1 atom stereocenters. The van der Waals surface area contributed by atoms with Crippen molar-refractivity contribution >= 4 is 17.9 Å². The number of ether oxygens (including phenoxy) is 1. The van der Waals surface area contributed by atoms with Gasteiger partial charge in [-0.05, 0) is 38.2 Å². The molecule has 1 aromatic carbocycles. The molecule has 3 amide bonds. The number of amides is 3. The quantitative estimate of drug-likeness (QED) is 0.793. The monoisotopic (exact) mass is 401 g/mol. The van der Waals surface area contributed by atoms with E-state index in [1.807, 2.05) is 23.1 Å². The Bertz CT molecular complexity index is 729. The zero-order valence-electron chi connectivity index (χ0n) is 17.4. The first-order valence-electron chi connectivity index (χ1n) is 10.4. The highest BCUT2D eigenvalue weighted by Gasteiger charge is 2.45. The van der Waals surface area contributed by atoms with Crippen LogP contribution in [0.4, 0.5) is 4.79 Å². The van der Waals surface area contributed by atoms with E-state index in [0.717, 1.165) is 38.8 Å². The van der Waals surface area contributed by atoms with Gasteiger partial charge in [0, 0.05) is 38.0 Å². The van der Waals surface area contributed by atoms with Gasteiger partial charge >= 0.3 is 6.09 Å². The summed E-state index contributed by atoms with van der Waals surface area (Å²) in [6.07, 6.45) is 3.57. The highest BCUT2D eigenvalue weighted by Crippen LogP contribution is 2.41. The molecule has 0 aliphatic carbocycles. The number of benzene rings is 1. The summed E-state index contributed by atoms with van der Waals surface area (Å²) in [5.41, 5.74) is 1.29. The lowest BCUT2D eigenvalue weighted by atomic mass is 9.77. The van der Waals surface area contributed by atoms with Crippen LogP contribution >= 0.6 is 0 Å². The van der Waals surface area contributed by atoms with E-state index in [9.17, 15) is 14.4 Å². The summed E-state index contributed by atoms with van der Waals surface area (Å²) in [6.45, 7) is 4.49. The number of piperidine rings is 1. The van der Waals surface area contributed by atoms with Crippen molar-refractivity contribution < 1.29 is 19.1 Å². The standard InChI is InChI=1S/C22H31N3O4/c1-17(23-21(28)29-2)20(27)24-13-10-22(11-14-24)15-19(26)25(16-22)12-6-9-18-7-4-3-5-8-18/h3-5,7-8,17H,6,9-16H2,1-2H3,(H,23,28)/t17-/m0/s1. The van der Waals surface area contributed by atoms with Crippen LogP contribution in [-0.2, 0) is 20.7 Å². The lowest BCUT2D eigenvalue weighted by molar-refractivity contribution is -0.135. The second-order valence-corrected chi connectivity index (χ2v) is 8.26. The Morgan fingerprint density at radius 1 is 1.21 bits per heavy atom. The maximum absolute atomic E-state index is 12.6. The first kappa shape index (κ1) is 21.1. The Hall–Kier alpha value is -2.57. The molecule has 3 rings (SSSR count). The molecule has 1 spiro atoms. The molecule has 2 saturated heterocycles. The summed E-state index contributed by atoms with van der Waals surface area (Å²) < 4.78 is 4.55. The number of alkyl carbamates (subject to hydrolysis) is 1. The number of methoxy groups -OCH3 is 1. The average molecular weight is 402 g/mol. The van der Waals surface area contributed by atoms with Crippen molar-refractivity contribution in [2.45, 2.75) is 45.1 Å². The maximum atomic E-state index is 12.6. The van der Waals surface area contributed by atoms with Crippen LogP contribution in [0.1, 0.15) is 38.2 Å². The molecule has 7 nitrogen and oxygen atoms in total. The lowest BCUT2D eigenvalue weighted by Gasteiger charge is -2.39. The number of aryl methyl sites for hydroxylation is 1. The first-order chi connectivity index (χ1) is 13.9. The van der Waals surface area contributed by atoms with E-state index in [4.69, 9.17) is 0 Å². The molecule has 0 saturated carbocycles. The molecular formula is C22H31N3O4. The number of hydrogen-bond acceptors (Lipinski definition) is 4. The minimum Gasteiger partial charge on any atom is -0.453 e. The largest absolute Gasteiger partial charge is 0.453 e. The van der Waals surface area contributed by atoms with Crippen LogP contribution in [0.15, 0.2) is 30.3 Å². The van der Waals surface area contributed by atoms with Gasteiger partial charge in [0.05, 0.1) is 7.11 Å². The van der Waals surface area contributed by atoms with E-state index in [-0.39, 0.29) is 17.2 Å². The zero-order chi connectivity index (χ0) is 20.9. The van der Waals surface area contributed by atoms with E-state index in [1.165, 1.54) is 12.7 Å². The number of nitrogens with zero attached hydrogens (tertiary/aromatic N) is 2. The maximum Gasteiger partial charge on any atom is 0.407 e.